The molecule has 0 unspecified atom stereocenters. The summed E-state index contributed by atoms with van der Waals surface area (Å²) in [5.41, 5.74) is 6.10. The zero-order valence-electron chi connectivity index (χ0n) is 8.52. The van der Waals surface area contributed by atoms with Crippen molar-refractivity contribution < 1.29 is 18.7 Å². The molecule has 0 spiro atoms. The number of oxime groups is 1. The van der Waals surface area contributed by atoms with Crippen molar-refractivity contribution >= 4 is 5.84 Å². The number of pyridine rings is 1. The SMILES string of the molecule is Cc1ccc(/C(N)=N/O)c(OCC(F)F)n1. The Bertz CT molecular complexity index is 396. The lowest BCUT2D eigenvalue weighted by atomic mass is 10.2. The summed E-state index contributed by atoms with van der Waals surface area (Å²) in [4.78, 5) is 3.89. The molecule has 0 bridgehead atoms. The molecule has 5 nitrogen and oxygen atoms in total. The van der Waals surface area contributed by atoms with Gasteiger partial charge in [0.25, 0.3) is 6.43 Å². The number of nitrogens with zero attached hydrogens (tertiary/aromatic N) is 2. The Balaban J connectivity index is 2.99. The van der Waals surface area contributed by atoms with Gasteiger partial charge in [0.05, 0.1) is 5.56 Å². The van der Waals surface area contributed by atoms with Crippen LogP contribution in [0.4, 0.5) is 8.78 Å². The lowest BCUT2D eigenvalue weighted by Crippen LogP contribution is -2.17. The van der Waals surface area contributed by atoms with Crippen LogP contribution in [0.3, 0.4) is 0 Å². The van der Waals surface area contributed by atoms with E-state index in [2.05, 4.69) is 10.1 Å². The molecule has 1 rings (SSSR count). The topological polar surface area (TPSA) is 80.7 Å². The number of ether oxygens (including phenoxy) is 1. The van der Waals surface area contributed by atoms with Crippen LogP contribution in [0.15, 0.2) is 17.3 Å². The predicted octanol–water partition coefficient (Wildman–Crippen LogP) is 1.13. The number of aryl methyl sites for hydroxylation is 1. The average molecular weight is 231 g/mol. The molecule has 1 aromatic heterocycles. The summed E-state index contributed by atoms with van der Waals surface area (Å²) in [7, 11) is 0. The van der Waals surface area contributed by atoms with Gasteiger partial charge in [-0.05, 0) is 19.1 Å². The molecule has 3 N–H and O–H groups in total. The van der Waals surface area contributed by atoms with Crippen LogP contribution in [-0.2, 0) is 0 Å². The predicted molar refractivity (Wildman–Crippen MR) is 53.0 cm³/mol. The number of hydrogen-bond acceptors (Lipinski definition) is 4. The first kappa shape index (κ1) is 12.2. The third-order valence-electron chi connectivity index (χ3n) is 1.73. The van der Waals surface area contributed by atoms with E-state index in [1.807, 2.05) is 0 Å². The van der Waals surface area contributed by atoms with Crippen LogP contribution in [0.25, 0.3) is 0 Å². The fraction of sp³-hybridized carbons (Fsp3) is 0.333. The van der Waals surface area contributed by atoms with Crippen molar-refractivity contribution in [3.8, 4) is 5.88 Å². The van der Waals surface area contributed by atoms with Crippen molar-refractivity contribution in [2.75, 3.05) is 6.61 Å². The first-order valence-corrected chi connectivity index (χ1v) is 4.41. The molecule has 0 aliphatic carbocycles. The van der Waals surface area contributed by atoms with E-state index in [0.717, 1.165) is 0 Å². The van der Waals surface area contributed by atoms with Crippen molar-refractivity contribution in [2.45, 2.75) is 13.3 Å². The number of nitrogens with two attached hydrogens (primary N) is 1. The lowest BCUT2D eigenvalue weighted by molar-refractivity contribution is 0.0794. The summed E-state index contributed by atoms with van der Waals surface area (Å²) in [6.07, 6.45) is -2.61. The quantitative estimate of drug-likeness (QED) is 0.352. The molecule has 0 atom stereocenters. The fourth-order valence-corrected chi connectivity index (χ4v) is 1.03. The molecule has 1 aromatic rings. The first-order chi connectivity index (χ1) is 7.54. The van der Waals surface area contributed by atoms with E-state index in [-0.39, 0.29) is 17.3 Å². The van der Waals surface area contributed by atoms with Crippen LogP contribution in [-0.4, -0.2) is 29.1 Å². The van der Waals surface area contributed by atoms with E-state index >= 15 is 0 Å². The Morgan fingerprint density at radius 1 is 1.62 bits per heavy atom. The van der Waals surface area contributed by atoms with Gasteiger partial charge in [-0.2, -0.15) is 0 Å². The molecular weight excluding hydrogens is 220 g/mol. The number of hydrogen-bond donors (Lipinski definition) is 2. The van der Waals surface area contributed by atoms with Crippen molar-refractivity contribution in [1.82, 2.24) is 4.98 Å². The zero-order chi connectivity index (χ0) is 12.1. The maximum atomic E-state index is 12.0. The second kappa shape index (κ2) is 5.24. The number of alkyl halides is 2. The van der Waals surface area contributed by atoms with Gasteiger partial charge in [-0.3, -0.25) is 0 Å². The summed E-state index contributed by atoms with van der Waals surface area (Å²) in [5, 5.41) is 11.3. The zero-order valence-corrected chi connectivity index (χ0v) is 8.52. The van der Waals surface area contributed by atoms with Crippen molar-refractivity contribution in [3.63, 3.8) is 0 Å². The smallest absolute Gasteiger partial charge is 0.272 e. The standard InChI is InChI=1S/C9H11F2N3O2/c1-5-2-3-6(8(12)14-15)9(13-5)16-4-7(10)11/h2-3,7,15H,4H2,1H3,(H2,12,14). The minimum absolute atomic E-state index is 0.0735. The van der Waals surface area contributed by atoms with E-state index in [1.165, 1.54) is 6.07 Å². The summed E-state index contributed by atoms with van der Waals surface area (Å²) in [6.45, 7) is 0.882. The Labute approximate surface area is 90.5 Å². The Morgan fingerprint density at radius 3 is 2.88 bits per heavy atom. The summed E-state index contributed by atoms with van der Waals surface area (Å²) >= 11 is 0. The second-order valence-electron chi connectivity index (χ2n) is 2.99. The Kier molecular flexibility index (Phi) is 3.98. The molecule has 0 aliphatic heterocycles. The number of rotatable bonds is 4. The molecule has 0 fully saturated rings. The van der Waals surface area contributed by atoms with Gasteiger partial charge in [0.2, 0.25) is 5.88 Å². The highest BCUT2D eigenvalue weighted by Gasteiger charge is 2.12. The average Bonchev–Trinajstić information content (AvgIpc) is 2.25. The van der Waals surface area contributed by atoms with Crippen LogP contribution in [0, 0.1) is 6.92 Å². The molecule has 0 amide bonds. The van der Waals surface area contributed by atoms with Gasteiger partial charge in [0.1, 0.15) is 0 Å². The Hall–Kier alpha value is -1.92. The minimum Gasteiger partial charge on any atom is -0.471 e. The molecule has 0 aromatic carbocycles. The van der Waals surface area contributed by atoms with Gasteiger partial charge in [-0.25, -0.2) is 13.8 Å². The van der Waals surface area contributed by atoms with Crippen LogP contribution < -0.4 is 10.5 Å². The highest BCUT2D eigenvalue weighted by atomic mass is 19.3. The highest BCUT2D eigenvalue weighted by molar-refractivity contribution is 5.99. The van der Waals surface area contributed by atoms with Crippen molar-refractivity contribution in [2.24, 2.45) is 10.9 Å². The van der Waals surface area contributed by atoms with E-state index in [1.54, 1.807) is 13.0 Å². The number of aromatic nitrogens is 1. The molecule has 7 heteroatoms. The second-order valence-corrected chi connectivity index (χ2v) is 2.99. The van der Waals surface area contributed by atoms with Crippen LogP contribution in [0.5, 0.6) is 5.88 Å². The van der Waals surface area contributed by atoms with Crippen molar-refractivity contribution in [3.05, 3.63) is 23.4 Å². The maximum absolute atomic E-state index is 12.0. The van der Waals surface area contributed by atoms with E-state index in [0.29, 0.717) is 5.69 Å². The van der Waals surface area contributed by atoms with Gasteiger partial charge in [-0.15, -0.1) is 0 Å². The summed E-state index contributed by atoms with van der Waals surface area (Å²) in [6, 6.07) is 3.08. The Morgan fingerprint density at radius 2 is 2.31 bits per heavy atom. The van der Waals surface area contributed by atoms with Crippen LogP contribution in [0.1, 0.15) is 11.3 Å². The molecular formula is C9H11F2N3O2. The van der Waals surface area contributed by atoms with Gasteiger partial charge in [0, 0.05) is 5.69 Å². The van der Waals surface area contributed by atoms with E-state index in [9.17, 15) is 8.78 Å². The highest BCUT2D eigenvalue weighted by Crippen LogP contribution is 2.16. The van der Waals surface area contributed by atoms with E-state index in [4.69, 9.17) is 15.7 Å². The van der Waals surface area contributed by atoms with Crippen molar-refractivity contribution in [1.29, 1.82) is 0 Å². The van der Waals surface area contributed by atoms with E-state index < -0.39 is 13.0 Å². The maximum Gasteiger partial charge on any atom is 0.272 e. The molecule has 0 saturated carbocycles. The van der Waals surface area contributed by atoms with Crippen LogP contribution >= 0.6 is 0 Å². The molecule has 0 radical (unpaired) electrons. The molecule has 1 heterocycles. The largest absolute Gasteiger partial charge is 0.471 e. The first-order valence-electron chi connectivity index (χ1n) is 4.41. The molecule has 16 heavy (non-hydrogen) atoms. The number of halogens is 2. The van der Waals surface area contributed by atoms with Gasteiger partial charge >= 0.3 is 0 Å². The van der Waals surface area contributed by atoms with Gasteiger partial charge < -0.3 is 15.7 Å². The monoisotopic (exact) mass is 231 g/mol. The molecule has 88 valence electrons. The summed E-state index contributed by atoms with van der Waals surface area (Å²) in [5.74, 6) is -0.313. The van der Waals surface area contributed by atoms with Gasteiger partial charge in [-0.1, -0.05) is 5.16 Å². The normalized spacial score (nSPS) is 11.9. The molecule has 0 saturated heterocycles. The lowest BCUT2D eigenvalue weighted by Gasteiger charge is -2.09. The third-order valence-corrected chi connectivity index (χ3v) is 1.73. The molecule has 0 aliphatic rings. The van der Waals surface area contributed by atoms with Crippen LogP contribution in [0.2, 0.25) is 0 Å². The fourth-order valence-electron chi connectivity index (χ4n) is 1.03. The van der Waals surface area contributed by atoms with Gasteiger partial charge in [0.15, 0.2) is 12.4 Å². The third kappa shape index (κ3) is 3.04. The number of amidine groups is 1. The summed E-state index contributed by atoms with van der Waals surface area (Å²) < 4.78 is 28.7. The minimum atomic E-state index is -2.61.